The third-order valence-electron chi connectivity index (χ3n) is 4.42. The number of piperidine rings is 1. The third-order valence-corrected chi connectivity index (χ3v) is 4.67. The van der Waals surface area contributed by atoms with E-state index >= 15 is 0 Å². The number of halogens is 4. The number of nitrogens with zero attached hydrogens (tertiary/aromatic N) is 3. The Morgan fingerprint density at radius 1 is 1.20 bits per heavy atom. The summed E-state index contributed by atoms with van der Waals surface area (Å²) >= 11 is 5.90. The first-order chi connectivity index (χ1) is 11.8. The molecule has 3 rings (SSSR count). The van der Waals surface area contributed by atoms with E-state index in [1.807, 2.05) is 25.1 Å². The van der Waals surface area contributed by atoms with E-state index in [0.717, 1.165) is 22.0 Å². The minimum atomic E-state index is -4.81. The van der Waals surface area contributed by atoms with Gasteiger partial charge in [0.2, 0.25) is 0 Å². The fourth-order valence-electron chi connectivity index (χ4n) is 3.10. The summed E-state index contributed by atoms with van der Waals surface area (Å²) in [4.78, 5) is 12.2. The minimum absolute atomic E-state index is 0.0459. The molecule has 2 aromatic rings. The van der Waals surface area contributed by atoms with Crippen molar-refractivity contribution in [1.82, 2.24) is 14.7 Å². The van der Waals surface area contributed by atoms with E-state index in [0.29, 0.717) is 17.9 Å². The van der Waals surface area contributed by atoms with E-state index in [-0.39, 0.29) is 19.0 Å². The topological polar surface area (TPSA) is 38.1 Å². The zero-order valence-corrected chi connectivity index (χ0v) is 14.3. The van der Waals surface area contributed by atoms with Crippen LogP contribution in [0.5, 0.6) is 0 Å². The molecule has 2 heterocycles. The molecule has 1 aromatic heterocycles. The van der Waals surface area contributed by atoms with Crippen molar-refractivity contribution in [3.8, 4) is 5.69 Å². The molecule has 0 spiro atoms. The number of carbonyl (C=O) groups excluding carboxylic acids is 1. The van der Waals surface area contributed by atoms with Gasteiger partial charge < -0.3 is 4.90 Å². The van der Waals surface area contributed by atoms with Crippen LogP contribution in [-0.2, 0) is 4.79 Å². The molecule has 1 aliphatic heterocycles. The van der Waals surface area contributed by atoms with Crippen molar-refractivity contribution in [1.29, 1.82) is 0 Å². The van der Waals surface area contributed by atoms with Crippen LogP contribution in [0.4, 0.5) is 13.2 Å². The summed E-state index contributed by atoms with van der Waals surface area (Å²) in [6.07, 6.45) is -3.86. The minimum Gasteiger partial charge on any atom is -0.335 e. The second-order valence-corrected chi connectivity index (χ2v) is 6.60. The quantitative estimate of drug-likeness (QED) is 0.797. The number of alkyl halides is 3. The Bertz CT molecular complexity index is 762. The second-order valence-electron chi connectivity index (χ2n) is 6.16. The van der Waals surface area contributed by atoms with Gasteiger partial charge in [-0.25, -0.2) is 4.68 Å². The second kappa shape index (κ2) is 6.71. The van der Waals surface area contributed by atoms with E-state index in [4.69, 9.17) is 11.6 Å². The van der Waals surface area contributed by atoms with Gasteiger partial charge in [0.05, 0.1) is 11.4 Å². The SMILES string of the molecule is Cc1cc(C2CCN(C(=O)C(F)(F)F)CC2)nn1-c1ccc(Cl)cc1. The highest BCUT2D eigenvalue weighted by Crippen LogP contribution is 2.30. The highest BCUT2D eigenvalue weighted by Gasteiger charge is 2.43. The highest BCUT2D eigenvalue weighted by molar-refractivity contribution is 6.30. The number of aromatic nitrogens is 2. The standard InChI is InChI=1S/C17H17ClF3N3O/c1-11-10-15(22-24(11)14-4-2-13(18)3-5-14)12-6-8-23(9-7-12)16(25)17(19,20)21/h2-5,10,12H,6-9H2,1H3. The zero-order chi connectivity index (χ0) is 18.2. The molecule has 0 unspecified atom stereocenters. The fraction of sp³-hybridized carbons (Fsp3) is 0.412. The molecule has 0 saturated carbocycles. The Hall–Kier alpha value is -2.02. The lowest BCUT2D eigenvalue weighted by molar-refractivity contribution is -0.186. The maximum atomic E-state index is 12.5. The van der Waals surface area contributed by atoms with Crippen molar-refractivity contribution >= 4 is 17.5 Å². The maximum absolute atomic E-state index is 12.5. The smallest absolute Gasteiger partial charge is 0.335 e. The van der Waals surface area contributed by atoms with Gasteiger partial charge in [-0.3, -0.25) is 4.79 Å². The van der Waals surface area contributed by atoms with E-state index in [2.05, 4.69) is 5.10 Å². The molecule has 0 N–H and O–H groups in total. The number of likely N-dealkylation sites (tertiary alicyclic amines) is 1. The van der Waals surface area contributed by atoms with Gasteiger partial charge in [0.15, 0.2) is 0 Å². The number of hydrogen-bond donors (Lipinski definition) is 0. The summed E-state index contributed by atoms with van der Waals surface area (Å²) in [6, 6.07) is 9.21. The lowest BCUT2D eigenvalue weighted by Crippen LogP contribution is -2.45. The van der Waals surface area contributed by atoms with Crippen LogP contribution in [0.2, 0.25) is 5.02 Å². The van der Waals surface area contributed by atoms with E-state index in [1.165, 1.54) is 0 Å². The normalized spacial score (nSPS) is 16.3. The molecule has 1 saturated heterocycles. The van der Waals surface area contributed by atoms with Gasteiger partial charge in [-0.15, -0.1) is 0 Å². The molecule has 1 amide bonds. The molecule has 4 nitrogen and oxygen atoms in total. The molecular weight excluding hydrogens is 355 g/mol. The Balaban J connectivity index is 1.71. The summed E-state index contributed by atoms with van der Waals surface area (Å²) in [6.45, 7) is 2.11. The summed E-state index contributed by atoms with van der Waals surface area (Å²) in [5, 5.41) is 5.23. The molecule has 25 heavy (non-hydrogen) atoms. The largest absolute Gasteiger partial charge is 0.471 e. The van der Waals surface area contributed by atoms with Gasteiger partial charge in [0, 0.05) is 29.7 Å². The number of benzene rings is 1. The molecule has 1 aliphatic rings. The summed E-state index contributed by atoms with van der Waals surface area (Å²) in [5.41, 5.74) is 2.65. The van der Waals surface area contributed by atoms with E-state index in [9.17, 15) is 18.0 Å². The van der Waals surface area contributed by atoms with Crippen molar-refractivity contribution in [3.63, 3.8) is 0 Å². The van der Waals surface area contributed by atoms with Gasteiger partial charge in [0.1, 0.15) is 0 Å². The van der Waals surface area contributed by atoms with Crippen LogP contribution in [0.3, 0.4) is 0 Å². The molecule has 8 heteroatoms. The Morgan fingerprint density at radius 3 is 2.36 bits per heavy atom. The maximum Gasteiger partial charge on any atom is 0.471 e. The summed E-state index contributed by atoms with van der Waals surface area (Å²) < 4.78 is 39.3. The van der Waals surface area contributed by atoms with Crippen molar-refractivity contribution < 1.29 is 18.0 Å². The van der Waals surface area contributed by atoms with Gasteiger partial charge >= 0.3 is 12.1 Å². The molecular formula is C17H17ClF3N3O. The molecule has 134 valence electrons. The van der Waals surface area contributed by atoms with Crippen molar-refractivity contribution in [2.24, 2.45) is 0 Å². The average Bonchev–Trinajstić information content (AvgIpc) is 2.96. The van der Waals surface area contributed by atoms with Crippen LogP contribution < -0.4 is 0 Å². The van der Waals surface area contributed by atoms with Crippen molar-refractivity contribution in [3.05, 3.63) is 46.7 Å². The molecule has 0 bridgehead atoms. The van der Waals surface area contributed by atoms with Gasteiger partial charge in [-0.1, -0.05) is 11.6 Å². The lowest BCUT2D eigenvalue weighted by atomic mass is 9.93. The van der Waals surface area contributed by atoms with Crippen LogP contribution in [0.25, 0.3) is 5.69 Å². The first-order valence-corrected chi connectivity index (χ1v) is 8.32. The number of carbonyl (C=O) groups is 1. The summed E-state index contributed by atoms with van der Waals surface area (Å²) in [7, 11) is 0. The number of aryl methyl sites for hydroxylation is 1. The molecule has 0 aliphatic carbocycles. The van der Waals surface area contributed by atoms with Gasteiger partial charge in [-0.2, -0.15) is 18.3 Å². The van der Waals surface area contributed by atoms with Crippen LogP contribution in [0.1, 0.15) is 30.1 Å². The molecule has 0 atom stereocenters. The first-order valence-electron chi connectivity index (χ1n) is 7.94. The molecule has 1 fully saturated rings. The lowest BCUT2D eigenvalue weighted by Gasteiger charge is -2.31. The Morgan fingerprint density at radius 2 is 1.80 bits per heavy atom. The molecule has 0 radical (unpaired) electrons. The van der Waals surface area contributed by atoms with Gasteiger partial charge in [0.25, 0.3) is 0 Å². The van der Waals surface area contributed by atoms with Gasteiger partial charge in [-0.05, 0) is 50.1 Å². The van der Waals surface area contributed by atoms with E-state index in [1.54, 1.807) is 16.8 Å². The first kappa shape index (κ1) is 17.8. The highest BCUT2D eigenvalue weighted by atomic mass is 35.5. The van der Waals surface area contributed by atoms with Crippen LogP contribution in [0.15, 0.2) is 30.3 Å². The Labute approximate surface area is 148 Å². The van der Waals surface area contributed by atoms with Crippen LogP contribution in [-0.4, -0.2) is 39.9 Å². The number of hydrogen-bond acceptors (Lipinski definition) is 2. The molecule has 1 aromatic carbocycles. The predicted octanol–water partition coefficient (Wildman–Crippen LogP) is 4.10. The monoisotopic (exact) mass is 371 g/mol. The van der Waals surface area contributed by atoms with Crippen LogP contribution >= 0.6 is 11.6 Å². The Kier molecular flexibility index (Phi) is 4.77. The van der Waals surface area contributed by atoms with E-state index < -0.39 is 12.1 Å². The van der Waals surface area contributed by atoms with Crippen molar-refractivity contribution in [2.75, 3.05) is 13.1 Å². The number of amides is 1. The fourth-order valence-corrected chi connectivity index (χ4v) is 3.23. The number of rotatable bonds is 2. The summed E-state index contributed by atoms with van der Waals surface area (Å²) in [5.74, 6) is -1.71. The zero-order valence-electron chi connectivity index (χ0n) is 13.6. The van der Waals surface area contributed by atoms with Crippen molar-refractivity contribution in [2.45, 2.75) is 31.9 Å². The third kappa shape index (κ3) is 3.81. The predicted molar refractivity (Wildman–Crippen MR) is 87.9 cm³/mol. The van der Waals surface area contributed by atoms with Crippen LogP contribution in [0, 0.1) is 6.92 Å². The average molecular weight is 372 g/mol.